The third-order valence-corrected chi connectivity index (χ3v) is 9.89. The highest BCUT2D eigenvalue weighted by atomic mass is 19.1. The maximum Gasteiger partial charge on any atom is 0.337 e. The van der Waals surface area contributed by atoms with Crippen LogP contribution in [0.15, 0.2) is 97.1 Å². The van der Waals surface area contributed by atoms with Gasteiger partial charge in [-0.2, -0.15) is 0 Å². The normalized spacial score (nSPS) is 13.9. The minimum Gasteiger partial charge on any atom is -0.465 e. The third-order valence-electron chi connectivity index (χ3n) is 9.89. The van der Waals surface area contributed by atoms with Crippen LogP contribution in [-0.2, 0) is 40.1 Å². The number of amides is 4. The molecule has 4 aromatic carbocycles. The maximum atomic E-state index is 14.6. The second kappa shape index (κ2) is 22.3. The highest BCUT2D eigenvalue weighted by molar-refractivity contribution is 5.97. The molecule has 2 heterocycles. The fraction of sp³-hybridized carbons (Fsp3) is 0.364. The average molecular weight is 800 g/mol. The fourth-order valence-corrected chi connectivity index (χ4v) is 6.51. The predicted molar refractivity (Wildman–Crippen MR) is 214 cm³/mol. The summed E-state index contributed by atoms with van der Waals surface area (Å²) in [6.07, 6.45) is 1.33. The van der Waals surface area contributed by atoms with Crippen molar-refractivity contribution < 1.29 is 42.2 Å². The van der Waals surface area contributed by atoms with E-state index >= 15 is 0 Å². The van der Waals surface area contributed by atoms with Crippen molar-refractivity contribution in [2.75, 3.05) is 79.4 Å². The number of nitrogens with zero attached hydrogens (tertiary/aromatic N) is 4. The fourth-order valence-electron chi connectivity index (χ4n) is 6.51. The van der Waals surface area contributed by atoms with Crippen LogP contribution < -0.4 is 5.73 Å². The van der Waals surface area contributed by atoms with Gasteiger partial charge in [-0.25, -0.2) is 23.2 Å². The molecular formula is C44H51F2N5O7. The first kappa shape index (κ1) is 43.4. The van der Waals surface area contributed by atoms with Crippen molar-refractivity contribution in [3.63, 3.8) is 0 Å². The Morgan fingerprint density at radius 3 is 1.45 bits per heavy atom. The summed E-state index contributed by atoms with van der Waals surface area (Å²) in [5.74, 6) is -1.96. The number of ether oxygens (including phenoxy) is 3. The molecule has 6 rings (SSSR count). The molecule has 2 aliphatic rings. The van der Waals surface area contributed by atoms with Crippen molar-refractivity contribution in [1.29, 1.82) is 0 Å². The number of rotatable bonds is 13. The highest BCUT2D eigenvalue weighted by Gasteiger charge is 2.26. The van der Waals surface area contributed by atoms with E-state index in [-0.39, 0.29) is 48.6 Å². The van der Waals surface area contributed by atoms with Crippen molar-refractivity contribution in [1.82, 2.24) is 19.6 Å². The Morgan fingerprint density at radius 1 is 0.638 bits per heavy atom. The molecule has 308 valence electrons. The number of carbonyl (C=O) groups excluding carboxylic acids is 4. The van der Waals surface area contributed by atoms with E-state index in [2.05, 4.69) is 4.74 Å². The number of morpholine rings is 2. The molecule has 0 unspecified atom stereocenters. The summed E-state index contributed by atoms with van der Waals surface area (Å²) in [5.41, 5.74) is 8.67. The topological polar surface area (TPSA) is 135 Å². The van der Waals surface area contributed by atoms with Gasteiger partial charge in [0.1, 0.15) is 11.6 Å². The minimum absolute atomic E-state index is 0.121. The second-order valence-corrected chi connectivity index (χ2v) is 13.8. The first-order valence-electron chi connectivity index (χ1n) is 19.4. The molecule has 0 spiro atoms. The number of urea groups is 2. The number of benzene rings is 4. The number of nitrogens with two attached hydrogens (primary N) is 1. The zero-order valence-corrected chi connectivity index (χ0v) is 32.8. The molecule has 0 radical (unpaired) electrons. The lowest BCUT2D eigenvalue weighted by atomic mass is 10.1. The number of ketones is 1. The molecule has 0 bridgehead atoms. The molecule has 0 saturated carbocycles. The van der Waals surface area contributed by atoms with Gasteiger partial charge in [-0.15, -0.1) is 0 Å². The van der Waals surface area contributed by atoms with Gasteiger partial charge in [-0.3, -0.25) is 4.79 Å². The van der Waals surface area contributed by atoms with Gasteiger partial charge in [-0.05, 0) is 42.2 Å². The number of methoxy groups -OCH3 is 1. The summed E-state index contributed by atoms with van der Waals surface area (Å²) in [4.78, 5) is 56.2. The molecule has 12 nitrogen and oxygen atoms in total. The number of hydrogen-bond donors (Lipinski definition) is 1. The second-order valence-electron chi connectivity index (χ2n) is 13.8. The van der Waals surface area contributed by atoms with Gasteiger partial charge < -0.3 is 39.5 Å². The predicted octanol–water partition coefficient (Wildman–Crippen LogP) is 5.57. The van der Waals surface area contributed by atoms with Crippen molar-refractivity contribution in [3.8, 4) is 0 Å². The van der Waals surface area contributed by atoms with Crippen LogP contribution in [0, 0.1) is 11.6 Å². The maximum absolute atomic E-state index is 14.6. The van der Waals surface area contributed by atoms with E-state index in [1.807, 2.05) is 60.7 Å². The molecule has 14 heteroatoms. The van der Waals surface area contributed by atoms with Gasteiger partial charge in [0.15, 0.2) is 5.78 Å². The number of halogens is 2. The summed E-state index contributed by atoms with van der Waals surface area (Å²) in [6, 6.07) is 27.9. The number of carbonyl (C=O) groups is 4. The Balaban J connectivity index is 0.000000221. The largest absolute Gasteiger partial charge is 0.465 e. The molecule has 0 aliphatic carbocycles. The Hall–Kier alpha value is -5.70. The Kier molecular flexibility index (Phi) is 16.7. The first-order valence-corrected chi connectivity index (χ1v) is 19.4. The monoisotopic (exact) mass is 799 g/mol. The number of esters is 1. The van der Waals surface area contributed by atoms with Gasteiger partial charge >= 0.3 is 18.0 Å². The molecule has 4 amide bonds. The summed E-state index contributed by atoms with van der Waals surface area (Å²) in [6.45, 7) is 5.09. The standard InChI is InChI=1S/C22H26FN3O3.C22H25FN2O4/c23-20-14-18(21(27)15-24)6-7-19(20)16-26(9-8-17-4-2-1-3-5-17)22(28)25-10-12-29-13-11-25;1-28-21(26)18-7-8-19(20(23)15-18)16-25(10-9-17-5-3-2-4-6-17)22(27)24-11-13-29-14-12-24/h1-7,14H,8-13,15-16,24H2;2-8,15H,9-14,16H2,1H3. The van der Waals surface area contributed by atoms with Crippen LogP contribution in [0.3, 0.4) is 0 Å². The van der Waals surface area contributed by atoms with Crippen LogP contribution in [0.5, 0.6) is 0 Å². The van der Waals surface area contributed by atoms with Gasteiger partial charge in [0.2, 0.25) is 0 Å². The van der Waals surface area contributed by atoms with Crippen molar-refractivity contribution in [3.05, 3.63) is 142 Å². The van der Waals surface area contributed by atoms with E-state index in [4.69, 9.17) is 15.2 Å². The molecule has 0 atom stereocenters. The summed E-state index contributed by atoms with van der Waals surface area (Å²) in [5, 5.41) is 0. The summed E-state index contributed by atoms with van der Waals surface area (Å²) in [7, 11) is 1.25. The van der Waals surface area contributed by atoms with Crippen molar-refractivity contribution in [2.24, 2.45) is 5.73 Å². The van der Waals surface area contributed by atoms with Gasteiger partial charge in [0.05, 0.1) is 58.7 Å². The number of Topliss-reactive ketones (excluding diaryl/α,β-unsaturated/α-hetero) is 1. The third kappa shape index (κ3) is 12.7. The Bertz CT molecular complexity index is 1820. The van der Waals surface area contributed by atoms with Gasteiger partial charge in [-0.1, -0.05) is 78.9 Å². The van der Waals surface area contributed by atoms with Crippen LogP contribution >= 0.6 is 0 Å². The highest BCUT2D eigenvalue weighted by Crippen LogP contribution is 2.18. The molecule has 58 heavy (non-hydrogen) atoms. The molecule has 2 fully saturated rings. The van der Waals surface area contributed by atoms with Crippen molar-refractivity contribution in [2.45, 2.75) is 25.9 Å². The number of hydrogen-bond acceptors (Lipinski definition) is 8. The van der Waals surface area contributed by atoms with E-state index in [1.165, 1.54) is 25.3 Å². The van der Waals surface area contributed by atoms with Crippen molar-refractivity contribution >= 4 is 23.8 Å². The lowest BCUT2D eigenvalue weighted by Crippen LogP contribution is -2.48. The van der Waals surface area contributed by atoms with Crippen LogP contribution in [0.25, 0.3) is 0 Å². The van der Waals surface area contributed by atoms with E-state index in [1.54, 1.807) is 31.7 Å². The molecule has 2 aliphatic heterocycles. The summed E-state index contributed by atoms with van der Waals surface area (Å²) < 4.78 is 44.5. The van der Waals surface area contributed by atoms with Crippen LogP contribution in [-0.4, -0.2) is 123 Å². The Morgan fingerprint density at radius 2 is 1.05 bits per heavy atom. The van der Waals surface area contributed by atoms with E-state index in [0.29, 0.717) is 89.7 Å². The van der Waals surface area contributed by atoms with Gasteiger partial charge in [0, 0.05) is 56.0 Å². The molecule has 0 aromatic heterocycles. The smallest absolute Gasteiger partial charge is 0.337 e. The van der Waals surface area contributed by atoms with Gasteiger partial charge in [0.25, 0.3) is 0 Å². The van der Waals surface area contributed by atoms with Crippen LogP contribution in [0.1, 0.15) is 43.0 Å². The van der Waals surface area contributed by atoms with E-state index < -0.39 is 17.6 Å². The summed E-state index contributed by atoms with van der Waals surface area (Å²) >= 11 is 0. The van der Waals surface area contributed by atoms with E-state index in [0.717, 1.165) is 17.2 Å². The Labute approximate surface area is 338 Å². The van der Waals surface area contributed by atoms with Crippen LogP contribution in [0.4, 0.5) is 18.4 Å². The lowest BCUT2D eigenvalue weighted by Gasteiger charge is -2.33. The molecule has 2 N–H and O–H groups in total. The van der Waals surface area contributed by atoms with Crippen LogP contribution in [0.2, 0.25) is 0 Å². The zero-order chi connectivity index (χ0) is 41.3. The lowest BCUT2D eigenvalue weighted by molar-refractivity contribution is 0.0426. The molecule has 4 aromatic rings. The SMILES string of the molecule is COC(=O)c1ccc(CN(CCc2ccccc2)C(=O)N2CCOCC2)c(F)c1.NCC(=O)c1ccc(CN(CCc2ccccc2)C(=O)N2CCOCC2)c(F)c1. The van der Waals surface area contributed by atoms with E-state index in [9.17, 15) is 28.0 Å². The minimum atomic E-state index is -0.597. The quantitative estimate of drug-likeness (QED) is 0.137. The molecular weight excluding hydrogens is 749 g/mol. The first-order chi connectivity index (χ1) is 28.2. The zero-order valence-electron chi connectivity index (χ0n) is 32.8. The molecule has 2 saturated heterocycles. The average Bonchev–Trinajstić information content (AvgIpc) is 3.28.